The Hall–Kier alpha value is -2.99. The number of likely N-dealkylation sites (N-methyl/N-ethyl adjacent to an activating group) is 1. The lowest BCUT2D eigenvalue weighted by molar-refractivity contribution is 0.0924. The molecule has 3 rings (SSSR count). The Morgan fingerprint density at radius 1 is 1.08 bits per heavy atom. The second-order valence-electron chi connectivity index (χ2n) is 6.52. The molecule has 1 amide bonds. The van der Waals surface area contributed by atoms with Gasteiger partial charge in [0.2, 0.25) is 0 Å². The van der Waals surface area contributed by atoms with Gasteiger partial charge in [0.05, 0.1) is 11.4 Å². The Kier molecular flexibility index (Phi) is 5.14. The lowest BCUT2D eigenvalue weighted by Gasteiger charge is -2.23. The maximum absolute atomic E-state index is 13.0. The van der Waals surface area contributed by atoms with Crippen LogP contribution in [-0.4, -0.2) is 41.2 Å². The Labute approximate surface area is 152 Å². The highest BCUT2D eigenvalue weighted by Gasteiger charge is 2.20. The average molecular weight is 350 g/mol. The van der Waals surface area contributed by atoms with Crippen molar-refractivity contribution in [2.24, 2.45) is 7.05 Å². The number of nitrogens with zero attached hydrogens (tertiary/aromatic N) is 3. The molecule has 1 atom stereocenters. The number of fused-ring (bicyclic) bond motifs is 1. The summed E-state index contributed by atoms with van der Waals surface area (Å²) in [6.07, 6.45) is 0. The van der Waals surface area contributed by atoms with Crippen molar-refractivity contribution in [3.8, 4) is 0 Å². The van der Waals surface area contributed by atoms with Gasteiger partial charge in [-0.1, -0.05) is 48.5 Å². The number of carbonyl (C=O) groups is 1. The van der Waals surface area contributed by atoms with Crippen LogP contribution in [-0.2, 0) is 7.05 Å². The molecule has 0 unspecified atom stereocenters. The maximum Gasteiger partial charge on any atom is 0.274 e. The van der Waals surface area contributed by atoms with Crippen molar-refractivity contribution in [1.29, 1.82) is 0 Å². The fraction of sp³-hybridized carbons (Fsp3) is 0.250. The van der Waals surface area contributed by atoms with E-state index in [0.29, 0.717) is 17.3 Å². The van der Waals surface area contributed by atoms with Gasteiger partial charge in [0.1, 0.15) is 0 Å². The molecular weight excluding hydrogens is 328 g/mol. The summed E-state index contributed by atoms with van der Waals surface area (Å²) in [6, 6.07) is 16.7. The first-order valence-corrected chi connectivity index (χ1v) is 8.44. The standard InChI is InChI=1S/C20H22N4O2/c1-23(2)13-17(14-9-5-4-6-10-14)21-19(25)18-15-11-7-8-12-16(15)20(26)24(3)22-18/h4-12,17H,13H2,1-3H3,(H,21,25)/t17-/m0/s1. The van der Waals surface area contributed by atoms with Gasteiger partial charge < -0.3 is 10.2 Å². The van der Waals surface area contributed by atoms with Crippen molar-refractivity contribution in [3.05, 3.63) is 76.2 Å². The van der Waals surface area contributed by atoms with Crippen molar-refractivity contribution in [1.82, 2.24) is 20.0 Å². The molecule has 1 N–H and O–H groups in total. The number of rotatable bonds is 5. The van der Waals surface area contributed by atoms with Crippen molar-refractivity contribution in [3.63, 3.8) is 0 Å². The number of carbonyl (C=O) groups excluding carboxylic acids is 1. The smallest absolute Gasteiger partial charge is 0.274 e. The number of nitrogens with one attached hydrogen (secondary N) is 1. The predicted molar refractivity (Wildman–Crippen MR) is 102 cm³/mol. The van der Waals surface area contributed by atoms with E-state index >= 15 is 0 Å². The van der Waals surface area contributed by atoms with Gasteiger partial charge in [0, 0.05) is 19.0 Å². The number of aromatic nitrogens is 2. The normalized spacial score (nSPS) is 12.3. The highest BCUT2D eigenvalue weighted by molar-refractivity contribution is 6.04. The lowest BCUT2D eigenvalue weighted by atomic mass is 10.1. The Morgan fingerprint density at radius 2 is 1.69 bits per heavy atom. The summed E-state index contributed by atoms with van der Waals surface area (Å²) in [5.74, 6) is -0.299. The van der Waals surface area contributed by atoms with Crippen LogP contribution in [0, 0.1) is 0 Å². The van der Waals surface area contributed by atoms with Crippen molar-refractivity contribution < 1.29 is 4.79 Å². The Morgan fingerprint density at radius 3 is 2.35 bits per heavy atom. The summed E-state index contributed by atoms with van der Waals surface area (Å²) >= 11 is 0. The molecule has 1 heterocycles. The van der Waals surface area contributed by atoms with E-state index in [0.717, 1.165) is 5.56 Å². The molecule has 0 saturated carbocycles. The van der Waals surface area contributed by atoms with Gasteiger partial charge in [0.15, 0.2) is 5.69 Å². The van der Waals surface area contributed by atoms with E-state index in [-0.39, 0.29) is 23.2 Å². The number of aryl methyl sites for hydroxylation is 1. The SMILES string of the molecule is CN(C)C[C@H](NC(=O)c1nn(C)c(=O)c2ccccc12)c1ccccc1. The Bertz CT molecular complexity index is 980. The van der Waals surface area contributed by atoms with Crippen LogP contribution in [0.3, 0.4) is 0 Å². The van der Waals surface area contributed by atoms with E-state index in [4.69, 9.17) is 0 Å². The van der Waals surface area contributed by atoms with E-state index in [1.165, 1.54) is 4.68 Å². The van der Waals surface area contributed by atoms with Crippen molar-refractivity contribution in [2.75, 3.05) is 20.6 Å². The molecule has 1 aromatic heterocycles. The van der Waals surface area contributed by atoms with Gasteiger partial charge in [0.25, 0.3) is 11.5 Å². The summed E-state index contributed by atoms with van der Waals surface area (Å²) in [5.41, 5.74) is 1.05. The number of amides is 1. The molecule has 134 valence electrons. The van der Waals surface area contributed by atoms with Gasteiger partial charge in [-0.3, -0.25) is 9.59 Å². The van der Waals surface area contributed by atoms with Crippen LogP contribution < -0.4 is 10.9 Å². The van der Waals surface area contributed by atoms with Gasteiger partial charge in [-0.15, -0.1) is 0 Å². The highest BCUT2D eigenvalue weighted by atomic mass is 16.2. The third kappa shape index (κ3) is 3.65. The molecule has 0 fully saturated rings. The quantitative estimate of drug-likeness (QED) is 0.764. The van der Waals surface area contributed by atoms with E-state index < -0.39 is 0 Å². The molecule has 3 aromatic rings. The minimum Gasteiger partial charge on any atom is -0.343 e. The van der Waals surface area contributed by atoms with Crippen molar-refractivity contribution in [2.45, 2.75) is 6.04 Å². The van der Waals surface area contributed by atoms with E-state index in [9.17, 15) is 9.59 Å². The molecule has 0 bridgehead atoms. The topological polar surface area (TPSA) is 67.2 Å². The van der Waals surface area contributed by atoms with Crippen LogP contribution in [0.15, 0.2) is 59.4 Å². The van der Waals surface area contributed by atoms with Crippen LogP contribution in [0.25, 0.3) is 10.8 Å². The third-order valence-electron chi connectivity index (χ3n) is 4.23. The third-order valence-corrected chi connectivity index (χ3v) is 4.23. The number of benzene rings is 2. The first-order chi connectivity index (χ1) is 12.5. The average Bonchev–Trinajstić information content (AvgIpc) is 2.64. The summed E-state index contributed by atoms with van der Waals surface area (Å²) in [7, 11) is 5.48. The first kappa shape index (κ1) is 17.8. The highest BCUT2D eigenvalue weighted by Crippen LogP contribution is 2.17. The van der Waals surface area contributed by atoms with Gasteiger partial charge >= 0.3 is 0 Å². The monoisotopic (exact) mass is 350 g/mol. The molecule has 0 aliphatic carbocycles. The summed E-state index contributed by atoms with van der Waals surface area (Å²) < 4.78 is 1.21. The first-order valence-electron chi connectivity index (χ1n) is 8.44. The molecule has 26 heavy (non-hydrogen) atoms. The predicted octanol–water partition coefficient (Wildman–Crippen LogP) is 1.97. The van der Waals surface area contributed by atoms with E-state index in [1.807, 2.05) is 49.3 Å². The summed E-state index contributed by atoms with van der Waals surface area (Å²) in [4.78, 5) is 27.3. The van der Waals surface area contributed by atoms with Gasteiger partial charge in [-0.05, 0) is 25.7 Å². The molecular formula is C20H22N4O2. The zero-order valence-electron chi connectivity index (χ0n) is 15.1. The van der Waals surface area contributed by atoms with Crippen LogP contribution in [0.2, 0.25) is 0 Å². The fourth-order valence-corrected chi connectivity index (χ4v) is 2.98. The van der Waals surface area contributed by atoms with E-state index in [2.05, 4.69) is 10.4 Å². The molecule has 0 saturated heterocycles. The molecule has 2 aromatic carbocycles. The largest absolute Gasteiger partial charge is 0.343 e. The lowest BCUT2D eigenvalue weighted by Crippen LogP contribution is -2.36. The zero-order valence-corrected chi connectivity index (χ0v) is 15.1. The molecule has 0 spiro atoms. The van der Waals surface area contributed by atoms with Crippen LogP contribution in [0.4, 0.5) is 0 Å². The van der Waals surface area contributed by atoms with Crippen molar-refractivity contribution >= 4 is 16.7 Å². The number of hydrogen-bond acceptors (Lipinski definition) is 4. The molecule has 6 heteroatoms. The Balaban J connectivity index is 1.99. The zero-order chi connectivity index (χ0) is 18.7. The second-order valence-corrected chi connectivity index (χ2v) is 6.52. The minimum atomic E-state index is -0.299. The van der Waals surface area contributed by atoms with E-state index in [1.54, 1.807) is 31.3 Å². The summed E-state index contributed by atoms with van der Waals surface area (Å²) in [5, 5.41) is 8.31. The number of hydrogen-bond donors (Lipinski definition) is 1. The molecule has 6 nitrogen and oxygen atoms in total. The van der Waals surface area contributed by atoms with Gasteiger partial charge in [-0.2, -0.15) is 5.10 Å². The van der Waals surface area contributed by atoms with Crippen LogP contribution >= 0.6 is 0 Å². The minimum absolute atomic E-state index is 0.184. The maximum atomic E-state index is 13.0. The van der Waals surface area contributed by atoms with Crippen LogP contribution in [0.5, 0.6) is 0 Å². The molecule has 0 aliphatic rings. The molecule has 0 aliphatic heterocycles. The molecule has 0 radical (unpaired) electrons. The van der Waals surface area contributed by atoms with Gasteiger partial charge in [-0.25, -0.2) is 4.68 Å². The fourth-order valence-electron chi connectivity index (χ4n) is 2.98. The van der Waals surface area contributed by atoms with Crippen LogP contribution in [0.1, 0.15) is 22.1 Å². The summed E-state index contributed by atoms with van der Waals surface area (Å²) in [6.45, 7) is 0.652. The second kappa shape index (κ2) is 7.49.